The lowest BCUT2D eigenvalue weighted by molar-refractivity contribution is 0.0955. The highest BCUT2D eigenvalue weighted by molar-refractivity contribution is 7.12. The van der Waals surface area contributed by atoms with E-state index >= 15 is 0 Å². The van der Waals surface area contributed by atoms with Gasteiger partial charge in [0.05, 0.1) is 18.1 Å². The molecular formula is C17H14N4OS2. The first-order chi connectivity index (χ1) is 11.8. The minimum atomic E-state index is -0.270. The predicted molar refractivity (Wildman–Crippen MR) is 101 cm³/mol. The Balaban J connectivity index is 1.58. The van der Waals surface area contributed by atoms with Crippen LogP contribution in [0.4, 0.5) is 5.69 Å². The molecule has 5 nitrogen and oxygen atoms in total. The Bertz CT molecular complexity index is 839. The second-order valence-corrected chi connectivity index (χ2v) is 6.64. The van der Waals surface area contributed by atoms with Crippen molar-refractivity contribution < 1.29 is 4.79 Å². The SMILES string of the molecule is O=C(NN=Cc1cccs1)c1cccc(NN=Cc2cccs2)c1. The molecule has 0 saturated heterocycles. The third kappa shape index (κ3) is 4.61. The van der Waals surface area contributed by atoms with E-state index in [9.17, 15) is 4.79 Å². The van der Waals surface area contributed by atoms with Crippen LogP contribution in [0.15, 0.2) is 69.5 Å². The van der Waals surface area contributed by atoms with Gasteiger partial charge in [0.25, 0.3) is 5.91 Å². The van der Waals surface area contributed by atoms with Gasteiger partial charge in [-0.25, -0.2) is 5.43 Å². The normalized spacial score (nSPS) is 11.2. The number of benzene rings is 1. The lowest BCUT2D eigenvalue weighted by Crippen LogP contribution is -2.17. The molecule has 0 bridgehead atoms. The van der Waals surface area contributed by atoms with Gasteiger partial charge in [-0.1, -0.05) is 18.2 Å². The summed E-state index contributed by atoms with van der Waals surface area (Å²) in [5.74, 6) is -0.270. The summed E-state index contributed by atoms with van der Waals surface area (Å²) in [6, 6.07) is 14.9. The van der Waals surface area contributed by atoms with Gasteiger partial charge in [-0.15, -0.1) is 22.7 Å². The highest BCUT2D eigenvalue weighted by Crippen LogP contribution is 2.11. The van der Waals surface area contributed by atoms with Crippen molar-refractivity contribution in [2.75, 3.05) is 5.43 Å². The van der Waals surface area contributed by atoms with Crippen molar-refractivity contribution in [3.63, 3.8) is 0 Å². The number of hydrogen-bond donors (Lipinski definition) is 2. The molecule has 0 radical (unpaired) electrons. The maximum atomic E-state index is 12.1. The number of hydrogen-bond acceptors (Lipinski definition) is 6. The van der Waals surface area contributed by atoms with Gasteiger partial charge in [0.15, 0.2) is 0 Å². The molecule has 0 aliphatic rings. The summed E-state index contributed by atoms with van der Waals surface area (Å²) in [6.45, 7) is 0. The highest BCUT2D eigenvalue weighted by Gasteiger charge is 2.04. The van der Waals surface area contributed by atoms with Crippen LogP contribution in [0.2, 0.25) is 0 Å². The maximum Gasteiger partial charge on any atom is 0.271 e. The van der Waals surface area contributed by atoms with Gasteiger partial charge in [0, 0.05) is 15.3 Å². The summed E-state index contributed by atoms with van der Waals surface area (Å²) in [7, 11) is 0. The van der Waals surface area contributed by atoms with E-state index in [0.29, 0.717) is 5.56 Å². The number of anilines is 1. The Morgan fingerprint density at radius 1 is 0.917 bits per heavy atom. The molecule has 7 heteroatoms. The number of carbonyl (C=O) groups excluding carboxylic acids is 1. The van der Waals surface area contributed by atoms with Crippen molar-refractivity contribution >= 4 is 46.7 Å². The molecule has 3 aromatic rings. The summed E-state index contributed by atoms with van der Waals surface area (Å²) >= 11 is 3.16. The summed E-state index contributed by atoms with van der Waals surface area (Å²) in [4.78, 5) is 14.1. The van der Waals surface area contributed by atoms with Crippen molar-refractivity contribution in [3.8, 4) is 0 Å². The average molecular weight is 354 g/mol. The van der Waals surface area contributed by atoms with E-state index in [-0.39, 0.29) is 5.91 Å². The third-order valence-corrected chi connectivity index (χ3v) is 4.57. The fourth-order valence-corrected chi connectivity index (χ4v) is 3.02. The first-order valence-electron chi connectivity index (χ1n) is 7.11. The predicted octanol–water partition coefficient (Wildman–Crippen LogP) is 4.02. The van der Waals surface area contributed by atoms with Gasteiger partial charge in [-0.05, 0) is 41.1 Å². The van der Waals surface area contributed by atoms with E-state index in [1.165, 1.54) is 0 Å². The van der Waals surface area contributed by atoms with Crippen LogP contribution in [0.25, 0.3) is 0 Å². The van der Waals surface area contributed by atoms with Crippen molar-refractivity contribution in [2.24, 2.45) is 10.2 Å². The molecular weight excluding hydrogens is 340 g/mol. The molecule has 0 atom stereocenters. The van der Waals surface area contributed by atoms with E-state index in [1.54, 1.807) is 53.3 Å². The minimum Gasteiger partial charge on any atom is -0.278 e. The Hall–Kier alpha value is -2.77. The molecule has 3 rings (SSSR count). The second kappa shape index (κ2) is 8.19. The fraction of sp³-hybridized carbons (Fsp3) is 0. The van der Waals surface area contributed by atoms with Crippen LogP contribution >= 0.6 is 22.7 Å². The summed E-state index contributed by atoms with van der Waals surface area (Å²) < 4.78 is 0. The molecule has 0 spiro atoms. The number of thiophene rings is 2. The minimum absolute atomic E-state index is 0.270. The van der Waals surface area contributed by atoms with Crippen molar-refractivity contribution in [1.29, 1.82) is 0 Å². The molecule has 120 valence electrons. The maximum absolute atomic E-state index is 12.1. The fourth-order valence-electron chi connectivity index (χ4n) is 1.85. The van der Waals surface area contributed by atoms with Crippen LogP contribution in [0.1, 0.15) is 20.1 Å². The highest BCUT2D eigenvalue weighted by atomic mass is 32.1. The summed E-state index contributed by atoms with van der Waals surface area (Å²) in [5, 5.41) is 12.1. The largest absolute Gasteiger partial charge is 0.278 e. The standard InChI is InChI=1S/C17H14N4OS2/c22-17(21-19-12-16-7-3-9-24-16)13-4-1-5-14(10-13)20-18-11-15-6-2-8-23-15/h1-12,20H,(H,21,22). The van der Waals surface area contributed by atoms with E-state index < -0.39 is 0 Å². The number of nitrogens with one attached hydrogen (secondary N) is 2. The van der Waals surface area contributed by atoms with Gasteiger partial charge < -0.3 is 0 Å². The van der Waals surface area contributed by atoms with Gasteiger partial charge in [0.1, 0.15) is 0 Å². The summed E-state index contributed by atoms with van der Waals surface area (Å²) in [5.41, 5.74) is 6.67. The van der Waals surface area contributed by atoms with E-state index in [1.807, 2.05) is 41.1 Å². The van der Waals surface area contributed by atoms with E-state index in [2.05, 4.69) is 21.1 Å². The number of carbonyl (C=O) groups is 1. The molecule has 1 aromatic carbocycles. The first kappa shape index (κ1) is 16.1. The van der Waals surface area contributed by atoms with Crippen LogP contribution < -0.4 is 10.9 Å². The van der Waals surface area contributed by atoms with Crippen molar-refractivity contribution in [3.05, 3.63) is 74.6 Å². The zero-order chi connectivity index (χ0) is 16.6. The molecule has 0 fully saturated rings. The lowest BCUT2D eigenvalue weighted by atomic mass is 10.2. The second-order valence-electron chi connectivity index (χ2n) is 4.68. The van der Waals surface area contributed by atoms with Crippen LogP contribution in [0.3, 0.4) is 0 Å². The molecule has 2 heterocycles. The topological polar surface area (TPSA) is 65.8 Å². The molecule has 1 amide bonds. The zero-order valence-corrected chi connectivity index (χ0v) is 14.2. The Morgan fingerprint density at radius 2 is 1.62 bits per heavy atom. The Labute approximate surface area is 147 Å². The van der Waals surface area contributed by atoms with Gasteiger partial charge in [-0.2, -0.15) is 10.2 Å². The van der Waals surface area contributed by atoms with Crippen LogP contribution in [-0.2, 0) is 0 Å². The average Bonchev–Trinajstić information content (AvgIpc) is 3.29. The van der Waals surface area contributed by atoms with Crippen LogP contribution in [-0.4, -0.2) is 18.3 Å². The van der Waals surface area contributed by atoms with Gasteiger partial charge in [0.2, 0.25) is 0 Å². The van der Waals surface area contributed by atoms with Crippen LogP contribution in [0.5, 0.6) is 0 Å². The van der Waals surface area contributed by atoms with Gasteiger partial charge in [-0.3, -0.25) is 10.2 Å². The number of hydrazone groups is 2. The smallest absolute Gasteiger partial charge is 0.271 e. The Kier molecular flexibility index (Phi) is 5.49. The molecule has 0 unspecified atom stereocenters. The van der Waals surface area contributed by atoms with E-state index in [0.717, 1.165) is 15.4 Å². The monoisotopic (exact) mass is 354 g/mol. The van der Waals surface area contributed by atoms with Crippen molar-refractivity contribution in [1.82, 2.24) is 5.43 Å². The molecule has 2 N–H and O–H groups in total. The number of rotatable bonds is 6. The molecule has 24 heavy (non-hydrogen) atoms. The molecule has 0 aliphatic heterocycles. The van der Waals surface area contributed by atoms with Crippen molar-refractivity contribution in [2.45, 2.75) is 0 Å². The molecule has 0 saturated carbocycles. The number of amides is 1. The first-order valence-corrected chi connectivity index (χ1v) is 8.87. The van der Waals surface area contributed by atoms with Gasteiger partial charge >= 0.3 is 0 Å². The molecule has 2 aromatic heterocycles. The van der Waals surface area contributed by atoms with E-state index in [4.69, 9.17) is 0 Å². The summed E-state index contributed by atoms with van der Waals surface area (Å²) in [6.07, 6.45) is 3.36. The zero-order valence-electron chi connectivity index (χ0n) is 12.5. The number of nitrogens with zero attached hydrogens (tertiary/aromatic N) is 2. The quantitative estimate of drug-likeness (QED) is 0.519. The van der Waals surface area contributed by atoms with Crippen LogP contribution in [0, 0.1) is 0 Å². The Morgan fingerprint density at radius 3 is 2.29 bits per heavy atom. The lowest BCUT2D eigenvalue weighted by Gasteiger charge is -2.03. The third-order valence-electron chi connectivity index (χ3n) is 2.95. The molecule has 0 aliphatic carbocycles.